The van der Waals surface area contributed by atoms with Crippen LogP contribution in [0.3, 0.4) is 0 Å². The summed E-state index contributed by atoms with van der Waals surface area (Å²) in [7, 11) is 0. The first-order chi connectivity index (χ1) is 9.75. The molecule has 0 fully saturated rings. The minimum atomic E-state index is -4.41. The predicted molar refractivity (Wildman–Crippen MR) is 78.9 cm³/mol. The van der Waals surface area contributed by atoms with E-state index in [2.05, 4.69) is 26.0 Å². The second-order valence-corrected chi connectivity index (χ2v) is 6.50. The van der Waals surface area contributed by atoms with E-state index in [-0.39, 0.29) is 4.47 Å². The van der Waals surface area contributed by atoms with E-state index in [1.165, 1.54) is 17.4 Å². The average molecular weight is 376 g/mol. The van der Waals surface area contributed by atoms with Crippen LogP contribution >= 0.6 is 27.3 Å². The van der Waals surface area contributed by atoms with Crippen molar-refractivity contribution >= 4 is 37.5 Å². The first-order valence-corrected chi connectivity index (χ1v) is 7.57. The molecule has 0 amide bonds. The average Bonchev–Trinajstić information content (AvgIpc) is 2.89. The number of aromatic nitrogens is 3. The fraction of sp³-hybridized carbons (Fsp3) is 0.231. The molecule has 110 valence electrons. The van der Waals surface area contributed by atoms with Gasteiger partial charge in [-0.25, -0.2) is 9.67 Å². The molecule has 0 aliphatic heterocycles. The van der Waals surface area contributed by atoms with E-state index >= 15 is 0 Å². The molecule has 0 radical (unpaired) electrons. The summed E-state index contributed by atoms with van der Waals surface area (Å²) >= 11 is 4.28. The third-order valence-electron chi connectivity index (χ3n) is 2.96. The minimum Gasteiger partial charge on any atom is -0.218 e. The number of halogens is 4. The lowest BCUT2D eigenvalue weighted by Crippen LogP contribution is -2.05. The van der Waals surface area contributed by atoms with Crippen molar-refractivity contribution in [2.45, 2.75) is 20.0 Å². The first-order valence-electron chi connectivity index (χ1n) is 5.96. The van der Waals surface area contributed by atoms with Gasteiger partial charge in [0.25, 0.3) is 0 Å². The Hall–Kier alpha value is -1.41. The highest BCUT2D eigenvalue weighted by Crippen LogP contribution is 2.38. The summed E-state index contributed by atoms with van der Waals surface area (Å²) in [5.41, 5.74) is 1.32. The molecule has 3 aromatic rings. The topological polar surface area (TPSA) is 30.7 Å². The Labute approximate surface area is 130 Å². The van der Waals surface area contributed by atoms with Gasteiger partial charge in [0.15, 0.2) is 0 Å². The number of alkyl halides is 3. The standard InChI is InChI=1S/C13H9BrF3N3S/c1-6-3-7(2)20(19-6)12-18-10-4-8(13(15,16)17)9(14)5-11(10)21-12/h3-5H,1-2H3. The molecule has 3 nitrogen and oxygen atoms in total. The van der Waals surface area contributed by atoms with Crippen LogP contribution in [0, 0.1) is 13.8 Å². The second kappa shape index (κ2) is 4.81. The quantitative estimate of drug-likeness (QED) is 0.606. The Bertz CT molecular complexity index is 835. The Morgan fingerprint density at radius 1 is 1.19 bits per heavy atom. The molecule has 0 atom stereocenters. The van der Waals surface area contributed by atoms with Gasteiger partial charge in [0, 0.05) is 10.2 Å². The maximum Gasteiger partial charge on any atom is 0.417 e. The van der Waals surface area contributed by atoms with Gasteiger partial charge in [0.05, 0.1) is 21.5 Å². The highest BCUT2D eigenvalue weighted by molar-refractivity contribution is 9.10. The maximum atomic E-state index is 12.9. The summed E-state index contributed by atoms with van der Waals surface area (Å²) < 4.78 is 41.0. The molecular weight excluding hydrogens is 367 g/mol. The van der Waals surface area contributed by atoms with Crippen LogP contribution < -0.4 is 0 Å². The lowest BCUT2D eigenvalue weighted by molar-refractivity contribution is -0.138. The first kappa shape index (κ1) is 14.5. The zero-order valence-corrected chi connectivity index (χ0v) is 13.4. The summed E-state index contributed by atoms with van der Waals surface area (Å²) in [4.78, 5) is 4.27. The summed E-state index contributed by atoms with van der Waals surface area (Å²) in [6.07, 6.45) is -4.41. The van der Waals surface area contributed by atoms with Crippen LogP contribution in [0.4, 0.5) is 13.2 Å². The Morgan fingerprint density at radius 3 is 2.48 bits per heavy atom. The predicted octanol–water partition coefficient (Wildman–Crippen LogP) is 4.88. The van der Waals surface area contributed by atoms with Crippen LogP contribution in [0.15, 0.2) is 22.7 Å². The number of aryl methyl sites for hydroxylation is 2. The Balaban J connectivity index is 2.19. The largest absolute Gasteiger partial charge is 0.417 e. The third-order valence-corrected chi connectivity index (χ3v) is 4.61. The number of hydrogen-bond acceptors (Lipinski definition) is 3. The highest BCUT2D eigenvalue weighted by Gasteiger charge is 2.33. The number of thiazole rings is 1. The molecule has 0 saturated heterocycles. The van der Waals surface area contributed by atoms with Crippen LogP contribution in [-0.2, 0) is 6.18 Å². The zero-order valence-electron chi connectivity index (χ0n) is 11.0. The van der Waals surface area contributed by atoms with Crippen molar-refractivity contribution in [2.75, 3.05) is 0 Å². The SMILES string of the molecule is Cc1cc(C)n(-c2nc3cc(C(F)(F)F)c(Br)cc3s2)n1. The van der Waals surface area contributed by atoms with Crippen molar-refractivity contribution in [1.29, 1.82) is 0 Å². The number of hydrogen-bond donors (Lipinski definition) is 0. The lowest BCUT2D eigenvalue weighted by atomic mass is 10.2. The molecule has 0 bridgehead atoms. The fourth-order valence-corrected chi connectivity index (χ4v) is 3.78. The van der Waals surface area contributed by atoms with Crippen LogP contribution in [-0.4, -0.2) is 14.8 Å². The number of nitrogens with zero attached hydrogens (tertiary/aromatic N) is 3. The van der Waals surface area contributed by atoms with E-state index in [9.17, 15) is 13.2 Å². The van der Waals surface area contributed by atoms with Crippen LogP contribution in [0.1, 0.15) is 17.0 Å². The molecule has 0 aliphatic rings. The third kappa shape index (κ3) is 2.57. The van der Waals surface area contributed by atoms with E-state index in [1.807, 2.05) is 19.9 Å². The van der Waals surface area contributed by atoms with Crippen molar-refractivity contribution in [1.82, 2.24) is 14.8 Å². The molecule has 2 aromatic heterocycles. The van der Waals surface area contributed by atoms with E-state index in [0.29, 0.717) is 15.3 Å². The van der Waals surface area contributed by atoms with Gasteiger partial charge in [-0.1, -0.05) is 27.3 Å². The summed E-state index contributed by atoms with van der Waals surface area (Å²) in [5, 5.41) is 4.86. The van der Waals surface area contributed by atoms with Gasteiger partial charge >= 0.3 is 6.18 Å². The maximum absolute atomic E-state index is 12.9. The van der Waals surface area contributed by atoms with E-state index in [4.69, 9.17) is 0 Å². The van der Waals surface area contributed by atoms with Crippen molar-refractivity contribution in [3.8, 4) is 5.13 Å². The zero-order chi connectivity index (χ0) is 15.4. The van der Waals surface area contributed by atoms with Crippen molar-refractivity contribution in [3.05, 3.63) is 39.6 Å². The lowest BCUT2D eigenvalue weighted by Gasteiger charge is -2.08. The molecule has 0 unspecified atom stereocenters. The monoisotopic (exact) mass is 375 g/mol. The van der Waals surface area contributed by atoms with Gasteiger partial charge in [0.1, 0.15) is 0 Å². The van der Waals surface area contributed by atoms with Crippen molar-refractivity contribution in [3.63, 3.8) is 0 Å². The van der Waals surface area contributed by atoms with Gasteiger partial charge < -0.3 is 0 Å². The number of fused-ring (bicyclic) bond motifs is 1. The minimum absolute atomic E-state index is 0.0195. The molecular formula is C13H9BrF3N3S. The number of rotatable bonds is 1. The summed E-state index contributed by atoms with van der Waals surface area (Å²) in [5.74, 6) is 0. The Morgan fingerprint density at radius 2 is 1.90 bits per heavy atom. The molecule has 8 heteroatoms. The van der Waals surface area contributed by atoms with Crippen LogP contribution in [0.25, 0.3) is 15.3 Å². The summed E-state index contributed by atoms with van der Waals surface area (Å²) in [6, 6.07) is 4.40. The van der Waals surface area contributed by atoms with Crippen LogP contribution in [0.5, 0.6) is 0 Å². The smallest absolute Gasteiger partial charge is 0.218 e. The molecule has 0 aliphatic carbocycles. The van der Waals surface area contributed by atoms with Gasteiger partial charge in [-0.05, 0) is 32.0 Å². The van der Waals surface area contributed by atoms with Gasteiger partial charge in [-0.3, -0.25) is 0 Å². The van der Waals surface area contributed by atoms with E-state index in [0.717, 1.165) is 17.5 Å². The molecule has 0 spiro atoms. The number of benzene rings is 1. The molecule has 2 heterocycles. The second-order valence-electron chi connectivity index (χ2n) is 4.63. The van der Waals surface area contributed by atoms with Gasteiger partial charge in [-0.15, -0.1) is 0 Å². The molecule has 21 heavy (non-hydrogen) atoms. The fourth-order valence-electron chi connectivity index (χ4n) is 2.07. The van der Waals surface area contributed by atoms with Gasteiger partial charge in [-0.2, -0.15) is 18.3 Å². The molecule has 0 saturated carbocycles. The summed E-state index contributed by atoms with van der Waals surface area (Å²) in [6.45, 7) is 3.73. The Kier molecular flexibility index (Phi) is 3.32. The van der Waals surface area contributed by atoms with Crippen molar-refractivity contribution < 1.29 is 13.2 Å². The van der Waals surface area contributed by atoms with E-state index in [1.54, 1.807) is 4.68 Å². The van der Waals surface area contributed by atoms with Crippen LogP contribution in [0.2, 0.25) is 0 Å². The molecule has 3 rings (SSSR count). The van der Waals surface area contributed by atoms with Crippen molar-refractivity contribution in [2.24, 2.45) is 0 Å². The van der Waals surface area contributed by atoms with E-state index < -0.39 is 11.7 Å². The molecule has 0 N–H and O–H groups in total. The van der Waals surface area contributed by atoms with Gasteiger partial charge in [0.2, 0.25) is 5.13 Å². The molecule has 1 aromatic carbocycles. The normalized spacial score (nSPS) is 12.3. The highest BCUT2D eigenvalue weighted by atomic mass is 79.9.